The molecule has 2 amide bonds. The van der Waals surface area contributed by atoms with Crippen LogP contribution in [0, 0.1) is 6.92 Å². The van der Waals surface area contributed by atoms with E-state index in [1.54, 1.807) is 12.1 Å². The van der Waals surface area contributed by atoms with Gasteiger partial charge in [0.2, 0.25) is 0 Å². The van der Waals surface area contributed by atoms with Gasteiger partial charge >= 0.3 is 0 Å². The van der Waals surface area contributed by atoms with Crippen molar-refractivity contribution in [1.29, 1.82) is 0 Å². The van der Waals surface area contributed by atoms with E-state index in [1.807, 2.05) is 36.1 Å². The highest BCUT2D eigenvalue weighted by molar-refractivity contribution is 5.98. The SMILES string of the molecule is CCN1CCN(C(=O)c2cc(C(=O)NCc3cccc(C)c3)ccn2)CC1. The number of piperazine rings is 1. The first-order chi connectivity index (χ1) is 13.1. The van der Waals surface area contributed by atoms with Crippen molar-refractivity contribution in [2.45, 2.75) is 20.4 Å². The summed E-state index contributed by atoms with van der Waals surface area (Å²) in [6, 6.07) is 11.2. The van der Waals surface area contributed by atoms with Crippen LogP contribution in [0.15, 0.2) is 42.6 Å². The van der Waals surface area contributed by atoms with Crippen molar-refractivity contribution in [2.75, 3.05) is 32.7 Å². The van der Waals surface area contributed by atoms with Gasteiger partial charge in [-0.15, -0.1) is 0 Å². The number of nitrogens with one attached hydrogen (secondary N) is 1. The van der Waals surface area contributed by atoms with Gasteiger partial charge in [0.05, 0.1) is 0 Å². The van der Waals surface area contributed by atoms with Gasteiger partial charge in [0, 0.05) is 44.5 Å². The molecule has 6 nitrogen and oxygen atoms in total. The van der Waals surface area contributed by atoms with Crippen LogP contribution in [0.3, 0.4) is 0 Å². The molecule has 27 heavy (non-hydrogen) atoms. The molecule has 2 heterocycles. The molecule has 142 valence electrons. The van der Waals surface area contributed by atoms with Crippen molar-refractivity contribution in [3.63, 3.8) is 0 Å². The second-order valence-electron chi connectivity index (χ2n) is 6.83. The molecule has 1 N–H and O–H groups in total. The van der Waals surface area contributed by atoms with Crippen molar-refractivity contribution >= 4 is 11.8 Å². The Labute approximate surface area is 160 Å². The van der Waals surface area contributed by atoms with E-state index in [4.69, 9.17) is 0 Å². The molecule has 3 rings (SSSR count). The Kier molecular flexibility index (Phi) is 6.19. The number of benzene rings is 1. The van der Waals surface area contributed by atoms with Crippen LogP contribution in [0.5, 0.6) is 0 Å². The minimum atomic E-state index is -0.205. The Bertz CT molecular complexity index is 813. The first-order valence-corrected chi connectivity index (χ1v) is 9.38. The summed E-state index contributed by atoms with van der Waals surface area (Å²) >= 11 is 0. The highest BCUT2D eigenvalue weighted by atomic mass is 16.2. The molecule has 0 spiro atoms. The predicted octanol–water partition coefficient (Wildman–Crippen LogP) is 2.10. The molecule has 1 aliphatic heterocycles. The van der Waals surface area contributed by atoms with Crippen LogP contribution in [0.25, 0.3) is 0 Å². The zero-order valence-electron chi connectivity index (χ0n) is 15.9. The third kappa shape index (κ3) is 4.92. The summed E-state index contributed by atoms with van der Waals surface area (Å²) in [5.41, 5.74) is 2.97. The molecule has 0 aliphatic carbocycles. The van der Waals surface area contributed by atoms with E-state index in [-0.39, 0.29) is 11.8 Å². The summed E-state index contributed by atoms with van der Waals surface area (Å²) in [5.74, 6) is -0.317. The maximum absolute atomic E-state index is 12.7. The molecular formula is C21H26N4O2. The lowest BCUT2D eigenvalue weighted by Gasteiger charge is -2.33. The van der Waals surface area contributed by atoms with Crippen molar-refractivity contribution in [2.24, 2.45) is 0 Å². The van der Waals surface area contributed by atoms with Crippen molar-refractivity contribution in [3.05, 3.63) is 65.0 Å². The van der Waals surface area contributed by atoms with Gasteiger partial charge in [0.25, 0.3) is 11.8 Å². The summed E-state index contributed by atoms with van der Waals surface area (Å²) in [6.07, 6.45) is 1.52. The molecule has 0 bridgehead atoms. The fourth-order valence-electron chi connectivity index (χ4n) is 3.22. The number of aromatic nitrogens is 1. The van der Waals surface area contributed by atoms with E-state index in [1.165, 1.54) is 6.20 Å². The standard InChI is InChI=1S/C21H26N4O2/c1-3-24-9-11-25(12-10-24)21(27)19-14-18(7-8-22-19)20(26)23-15-17-6-4-5-16(2)13-17/h4-8,13-14H,3,9-12,15H2,1-2H3,(H,23,26). The zero-order chi connectivity index (χ0) is 19.2. The fourth-order valence-corrected chi connectivity index (χ4v) is 3.22. The number of carbonyl (C=O) groups is 2. The van der Waals surface area contributed by atoms with E-state index in [2.05, 4.69) is 22.1 Å². The summed E-state index contributed by atoms with van der Waals surface area (Å²) in [5, 5.41) is 2.90. The highest BCUT2D eigenvalue weighted by Gasteiger charge is 2.22. The molecule has 1 fully saturated rings. The van der Waals surface area contributed by atoms with Crippen molar-refractivity contribution in [3.8, 4) is 0 Å². The van der Waals surface area contributed by atoms with E-state index in [0.29, 0.717) is 30.9 Å². The highest BCUT2D eigenvalue weighted by Crippen LogP contribution is 2.10. The Morgan fingerprint density at radius 1 is 1.11 bits per heavy atom. The number of rotatable bonds is 5. The topological polar surface area (TPSA) is 65.5 Å². The van der Waals surface area contributed by atoms with E-state index in [0.717, 1.165) is 30.8 Å². The summed E-state index contributed by atoms with van der Waals surface area (Å²) in [7, 11) is 0. The second kappa shape index (κ2) is 8.77. The molecule has 6 heteroatoms. The predicted molar refractivity (Wildman–Crippen MR) is 105 cm³/mol. The number of carbonyl (C=O) groups excluding carboxylic acids is 2. The van der Waals surface area contributed by atoms with Gasteiger partial charge in [0.1, 0.15) is 5.69 Å². The van der Waals surface area contributed by atoms with Crippen LogP contribution in [-0.2, 0) is 6.54 Å². The number of amides is 2. The lowest BCUT2D eigenvalue weighted by molar-refractivity contribution is 0.0637. The Morgan fingerprint density at radius 3 is 2.59 bits per heavy atom. The molecular weight excluding hydrogens is 340 g/mol. The molecule has 1 aliphatic rings. The average Bonchev–Trinajstić information content (AvgIpc) is 2.71. The molecule has 0 unspecified atom stereocenters. The van der Waals surface area contributed by atoms with Crippen LogP contribution in [0.1, 0.15) is 38.9 Å². The maximum Gasteiger partial charge on any atom is 0.272 e. The van der Waals surface area contributed by atoms with Gasteiger partial charge in [-0.1, -0.05) is 36.8 Å². The maximum atomic E-state index is 12.7. The van der Waals surface area contributed by atoms with Gasteiger partial charge in [-0.25, -0.2) is 0 Å². The smallest absolute Gasteiger partial charge is 0.272 e. The summed E-state index contributed by atoms with van der Waals surface area (Å²) in [6.45, 7) is 8.72. The van der Waals surface area contributed by atoms with Crippen LogP contribution < -0.4 is 5.32 Å². The minimum Gasteiger partial charge on any atom is -0.348 e. The molecule has 1 aromatic heterocycles. The molecule has 0 radical (unpaired) electrons. The molecule has 1 aromatic carbocycles. The van der Waals surface area contributed by atoms with Crippen LogP contribution >= 0.6 is 0 Å². The second-order valence-corrected chi connectivity index (χ2v) is 6.83. The zero-order valence-corrected chi connectivity index (χ0v) is 15.9. The number of nitrogens with zero attached hydrogens (tertiary/aromatic N) is 3. The van der Waals surface area contributed by atoms with Gasteiger partial charge in [-0.2, -0.15) is 0 Å². The van der Waals surface area contributed by atoms with E-state index in [9.17, 15) is 9.59 Å². The number of aryl methyl sites for hydroxylation is 1. The Morgan fingerprint density at radius 2 is 1.89 bits per heavy atom. The normalized spacial score (nSPS) is 14.8. The third-order valence-electron chi connectivity index (χ3n) is 4.88. The summed E-state index contributed by atoms with van der Waals surface area (Å²) in [4.78, 5) is 33.5. The molecule has 1 saturated heterocycles. The summed E-state index contributed by atoms with van der Waals surface area (Å²) < 4.78 is 0. The van der Waals surface area contributed by atoms with Crippen LogP contribution in [0.4, 0.5) is 0 Å². The van der Waals surface area contributed by atoms with Gasteiger partial charge in [-0.05, 0) is 31.2 Å². The van der Waals surface area contributed by atoms with Crippen molar-refractivity contribution in [1.82, 2.24) is 20.1 Å². The number of hydrogen-bond acceptors (Lipinski definition) is 4. The van der Waals surface area contributed by atoms with Crippen LogP contribution in [-0.4, -0.2) is 59.3 Å². The van der Waals surface area contributed by atoms with Crippen LogP contribution in [0.2, 0.25) is 0 Å². The lowest BCUT2D eigenvalue weighted by Crippen LogP contribution is -2.48. The first-order valence-electron chi connectivity index (χ1n) is 9.38. The minimum absolute atomic E-state index is 0.112. The van der Waals surface area contributed by atoms with E-state index < -0.39 is 0 Å². The first kappa shape index (κ1) is 19.0. The molecule has 2 aromatic rings. The molecule has 0 atom stereocenters. The lowest BCUT2D eigenvalue weighted by atomic mass is 10.1. The third-order valence-corrected chi connectivity index (χ3v) is 4.88. The largest absolute Gasteiger partial charge is 0.348 e. The van der Waals surface area contributed by atoms with Gasteiger partial charge in [-0.3, -0.25) is 14.6 Å². The van der Waals surface area contributed by atoms with E-state index >= 15 is 0 Å². The Balaban J connectivity index is 1.62. The number of likely N-dealkylation sites (N-methyl/N-ethyl adjacent to an activating group) is 1. The number of pyridine rings is 1. The van der Waals surface area contributed by atoms with Gasteiger partial charge < -0.3 is 15.1 Å². The quantitative estimate of drug-likeness (QED) is 0.880. The fraction of sp³-hybridized carbons (Fsp3) is 0.381. The Hall–Kier alpha value is -2.73. The van der Waals surface area contributed by atoms with Crippen molar-refractivity contribution < 1.29 is 9.59 Å². The van der Waals surface area contributed by atoms with Gasteiger partial charge in [0.15, 0.2) is 0 Å². The number of hydrogen-bond donors (Lipinski definition) is 1. The monoisotopic (exact) mass is 366 g/mol. The average molecular weight is 366 g/mol. The molecule has 0 saturated carbocycles.